The van der Waals surface area contributed by atoms with Crippen LogP contribution in [0.5, 0.6) is 5.75 Å². The van der Waals surface area contributed by atoms with E-state index in [1.165, 1.54) is 5.56 Å². The number of carboxylic acid groups (broad SMARTS) is 1. The van der Waals surface area contributed by atoms with Crippen LogP contribution in [0, 0.1) is 30.6 Å². The van der Waals surface area contributed by atoms with Crippen molar-refractivity contribution in [3.63, 3.8) is 0 Å². The van der Waals surface area contributed by atoms with Crippen LogP contribution in [0.2, 0.25) is 0 Å². The van der Waals surface area contributed by atoms with Gasteiger partial charge in [-0.3, -0.25) is 14.7 Å². The number of hydrogen-bond acceptors (Lipinski definition) is 6. The molecule has 34 heavy (non-hydrogen) atoms. The summed E-state index contributed by atoms with van der Waals surface area (Å²) >= 11 is 1.63. The van der Waals surface area contributed by atoms with Crippen LogP contribution in [0.15, 0.2) is 41.9 Å². The maximum atomic E-state index is 12.0. The number of ether oxygens (including phenoxy) is 1. The molecule has 6 nitrogen and oxygen atoms in total. The lowest BCUT2D eigenvalue weighted by molar-refractivity contribution is -0.146. The van der Waals surface area contributed by atoms with Gasteiger partial charge in [0.2, 0.25) is 0 Å². The molecule has 3 heterocycles. The second kappa shape index (κ2) is 11.0. The molecule has 1 fully saturated rings. The third-order valence-corrected chi connectivity index (χ3v) is 7.61. The number of rotatable bonds is 7. The minimum absolute atomic E-state index is 0.0264. The summed E-state index contributed by atoms with van der Waals surface area (Å²) in [6, 6.07) is 9.50. The number of aryl methyl sites for hydroxylation is 1. The zero-order chi connectivity index (χ0) is 24.1. The predicted octanol–water partition coefficient (Wildman–Crippen LogP) is 4.50. The van der Waals surface area contributed by atoms with Gasteiger partial charge in [-0.05, 0) is 85.5 Å². The van der Waals surface area contributed by atoms with Gasteiger partial charge in [0.25, 0.3) is 0 Å². The van der Waals surface area contributed by atoms with Gasteiger partial charge in [0, 0.05) is 18.1 Å². The molecule has 1 aliphatic rings. The minimum Gasteiger partial charge on any atom is -0.497 e. The summed E-state index contributed by atoms with van der Waals surface area (Å²) in [5.74, 6) is 5.93. The number of aliphatic hydroxyl groups excluding tert-OH is 1. The monoisotopic (exact) mass is 478 g/mol. The van der Waals surface area contributed by atoms with E-state index in [0.29, 0.717) is 31.7 Å². The number of nitrogens with zero attached hydrogens (tertiary/aromatic N) is 2. The van der Waals surface area contributed by atoms with Gasteiger partial charge in [-0.15, -0.1) is 11.3 Å². The van der Waals surface area contributed by atoms with Crippen molar-refractivity contribution < 1.29 is 19.7 Å². The average molecular weight is 479 g/mol. The Labute approximate surface area is 204 Å². The summed E-state index contributed by atoms with van der Waals surface area (Å²) in [4.78, 5) is 19.6. The molecule has 0 saturated carbocycles. The SMILES string of the molecule is COc1ccc2nccc([C@@H](O)CC[C@@H]3CCN(CC#Cc4sccc4C)C[C@@H]3C(=O)O)c2c1. The Bertz CT molecular complexity index is 1210. The van der Waals surface area contributed by atoms with Gasteiger partial charge in [0.15, 0.2) is 0 Å². The van der Waals surface area contributed by atoms with Gasteiger partial charge in [-0.2, -0.15) is 0 Å². The lowest BCUT2D eigenvalue weighted by atomic mass is 9.81. The molecule has 0 aliphatic carbocycles. The predicted molar refractivity (Wildman–Crippen MR) is 134 cm³/mol. The van der Waals surface area contributed by atoms with Crippen LogP contribution in [-0.2, 0) is 4.79 Å². The van der Waals surface area contributed by atoms with Crippen molar-refractivity contribution >= 4 is 28.2 Å². The maximum absolute atomic E-state index is 12.0. The van der Waals surface area contributed by atoms with Gasteiger partial charge < -0.3 is 14.9 Å². The molecule has 0 amide bonds. The highest BCUT2D eigenvalue weighted by molar-refractivity contribution is 7.10. The number of benzene rings is 1. The number of hydrogen-bond donors (Lipinski definition) is 2. The van der Waals surface area contributed by atoms with Gasteiger partial charge >= 0.3 is 5.97 Å². The van der Waals surface area contributed by atoms with E-state index in [1.807, 2.05) is 36.6 Å². The Morgan fingerprint density at radius 1 is 1.35 bits per heavy atom. The number of likely N-dealkylation sites (tertiary alicyclic amines) is 1. The molecule has 1 aromatic carbocycles. The molecule has 1 aliphatic heterocycles. The van der Waals surface area contributed by atoms with E-state index in [1.54, 1.807) is 24.6 Å². The second-order valence-electron chi connectivity index (χ2n) is 8.84. The van der Waals surface area contributed by atoms with E-state index in [0.717, 1.165) is 34.3 Å². The largest absolute Gasteiger partial charge is 0.497 e. The number of fused-ring (bicyclic) bond motifs is 1. The molecule has 0 bridgehead atoms. The molecule has 178 valence electrons. The average Bonchev–Trinajstić information content (AvgIpc) is 3.26. The van der Waals surface area contributed by atoms with E-state index in [9.17, 15) is 15.0 Å². The van der Waals surface area contributed by atoms with Gasteiger partial charge in [0.05, 0.1) is 36.1 Å². The van der Waals surface area contributed by atoms with Crippen molar-refractivity contribution in [3.8, 4) is 17.6 Å². The highest BCUT2D eigenvalue weighted by Gasteiger charge is 2.34. The molecule has 0 unspecified atom stereocenters. The summed E-state index contributed by atoms with van der Waals surface area (Å²) in [5.41, 5.74) is 2.78. The molecule has 7 heteroatoms. The first kappa shape index (κ1) is 24.2. The fourth-order valence-electron chi connectivity index (χ4n) is 4.66. The molecule has 2 N–H and O–H groups in total. The first-order valence-corrected chi connectivity index (χ1v) is 12.4. The number of aliphatic carboxylic acids is 1. The van der Waals surface area contributed by atoms with Crippen LogP contribution in [0.1, 0.15) is 41.4 Å². The Morgan fingerprint density at radius 3 is 2.94 bits per heavy atom. The van der Waals surface area contributed by atoms with Crippen molar-refractivity contribution in [3.05, 3.63) is 57.9 Å². The smallest absolute Gasteiger partial charge is 0.308 e. The van der Waals surface area contributed by atoms with Crippen LogP contribution in [-0.4, -0.2) is 52.8 Å². The number of piperidine rings is 1. The lowest BCUT2D eigenvalue weighted by Gasteiger charge is -2.36. The maximum Gasteiger partial charge on any atom is 0.308 e. The number of thiophene rings is 1. The van der Waals surface area contributed by atoms with Crippen molar-refractivity contribution in [2.45, 2.75) is 32.3 Å². The first-order chi connectivity index (χ1) is 16.5. The number of methoxy groups -OCH3 is 1. The van der Waals surface area contributed by atoms with Crippen LogP contribution in [0.4, 0.5) is 0 Å². The zero-order valence-corrected chi connectivity index (χ0v) is 20.3. The van der Waals surface area contributed by atoms with Crippen molar-refractivity contribution in [1.82, 2.24) is 9.88 Å². The van der Waals surface area contributed by atoms with Gasteiger partial charge in [0.1, 0.15) is 5.75 Å². The molecule has 0 spiro atoms. The van der Waals surface area contributed by atoms with E-state index in [2.05, 4.69) is 27.8 Å². The molecule has 1 saturated heterocycles. The fourth-order valence-corrected chi connectivity index (χ4v) is 5.45. The second-order valence-corrected chi connectivity index (χ2v) is 9.76. The highest BCUT2D eigenvalue weighted by Crippen LogP contribution is 2.33. The van der Waals surface area contributed by atoms with E-state index >= 15 is 0 Å². The van der Waals surface area contributed by atoms with Crippen LogP contribution in [0.3, 0.4) is 0 Å². The van der Waals surface area contributed by atoms with Crippen molar-refractivity contribution in [2.24, 2.45) is 11.8 Å². The number of aliphatic hydroxyl groups is 1. The Hall–Kier alpha value is -2.92. The third kappa shape index (κ3) is 5.58. The van der Waals surface area contributed by atoms with E-state index in [-0.39, 0.29) is 5.92 Å². The summed E-state index contributed by atoms with van der Waals surface area (Å²) < 4.78 is 5.33. The van der Waals surface area contributed by atoms with Crippen LogP contribution >= 0.6 is 11.3 Å². The summed E-state index contributed by atoms with van der Waals surface area (Å²) in [5, 5.41) is 23.7. The normalized spacial score (nSPS) is 19.4. The van der Waals surface area contributed by atoms with Crippen LogP contribution < -0.4 is 4.74 Å². The van der Waals surface area contributed by atoms with E-state index < -0.39 is 18.0 Å². The Kier molecular flexibility index (Phi) is 7.84. The summed E-state index contributed by atoms with van der Waals surface area (Å²) in [6.45, 7) is 3.93. The fraction of sp³-hybridized carbons (Fsp3) is 0.407. The molecular weight excluding hydrogens is 448 g/mol. The zero-order valence-electron chi connectivity index (χ0n) is 19.5. The molecule has 3 aromatic rings. The topological polar surface area (TPSA) is 82.9 Å². The number of aromatic nitrogens is 1. The van der Waals surface area contributed by atoms with E-state index in [4.69, 9.17) is 4.74 Å². The first-order valence-electron chi connectivity index (χ1n) is 11.5. The third-order valence-electron chi connectivity index (χ3n) is 6.68. The molecule has 2 aromatic heterocycles. The molecule has 3 atom stereocenters. The highest BCUT2D eigenvalue weighted by atomic mass is 32.1. The standard InChI is InChI=1S/C27H30N2O4S/c1-18-11-15-34-26(18)4-3-13-29-14-10-19(23(17-29)27(31)32)5-8-25(30)21-9-12-28-24-7-6-20(33-2)16-22(21)24/h6-7,9,11-12,15-16,19,23,25,30H,5,8,10,13-14,17H2,1-2H3,(H,31,32)/t19-,23+,25+/m1/s1. The molecular formula is C27H30N2O4S. The minimum atomic E-state index is -0.773. The summed E-state index contributed by atoms with van der Waals surface area (Å²) in [6.07, 6.45) is 2.95. The van der Waals surface area contributed by atoms with Gasteiger partial charge in [-0.1, -0.05) is 11.8 Å². The van der Waals surface area contributed by atoms with Crippen molar-refractivity contribution in [1.29, 1.82) is 0 Å². The number of carboxylic acids is 1. The Morgan fingerprint density at radius 2 is 2.21 bits per heavy atom. The number of carbonyl (C=O) groups is 1. The number of pyridine rings is 1. The molecule has 4 rings (SSSR count). The van der Waals surface area contributed by atoms with Crippen molar-refractivity contribution in [2.75, 3.05) is 26.7 Å². The summed E-state index contributed by atoms with van der Waals surface area (Å²) in [7, 11) is 1.61. The van der Waals surface area contributed by atoms with Crippen LogP contribution in [0.25, 0.3) is 10.9 Å². The lowest BCUT2D eigenvalue weighted by Crippen LogP contribution is -2.44. The van der Waals surface area contributed by atoms with Gasteiger partial charge in [-0.25, -0.2) is 0 Å². The molecule has 0 radical (unpaired) electrons. The quantitative estimate of drug-likeness (QED) is 0.487. The Balaban J connectivity index is 1.38.